The number of carbonyl (C=O) groups excluding carboxylic acids is 1. The first kappa shape index (κ1) is 19.9. The number of thioether (sulfide) groups is 1. The van der Waals surface area contributed by atoms with Gasteiger partial charge in [-0.3, -0.25) is 4.79 Å². The molecular weight excluding hydrogens is 360 g/mol. The molecule has 7 heteroatoms. The molecule has 1 aromatic heterocycles. The van der Waals surface area contributed by atoms with E-state index in [1.807, 2.05) is 24.3 Å². The van der Waals surface area contributed by atoms with Crippen molar-refractivity contribution in [3.05, 3.63) is 41.2 Å². The molecule has 0 bridgehead atoms. The molecule has 27 heavy (non-hydrogen) atoms. The van der Waals surface area contributed by atoms with Crippen LogP contribution in [0.4, 0.5) is 0 Å². The van der Waals surface area contributed by atoms with Crippen LogP contribution in [0.2, 0.25) is 0 Å². The highest BCUT2D eigenvalue weighted by Crippen LogP contribution is 2.28. The summed E-state index contributed by atoms with van der Waals surface area (Å²) in [6, 6.07) is 8.37. The lowest BCUT2D eigenvalue weighted by Gasteiger charge is -2.18. The molecule has 1 aliphatic carbocycles. The molecule has 2 aromatic rings. The smallest absolute Gasteiger partial charge is 0.251 e. The van der Waals surface area contributed by atoms with Crippen molar-refractivity contribution in [3.8, 4) is 0 Å². The van der Waals surface area contributed by atoms with Gasteiger partial charge < -0.3 is 14.6 Å². The Hall–Kier alpha value is -1.86. The monoisotopic (exact) mass is 388 g/mol. The van der Waals surface area contributed by atoms with Crippen molar-refractivity contribution in [2.45, 2.75) is 62.5 Å². The van der Waals surface area contributed by atoms with Gasteiger partial charge in [-0.25, -0.2) is 0 Å². The number of nitrogens with one attached hydrogen (secondary N) is 1. The summed E-state index contributed by atoms with van der Waals surface area (Å²) in [5.74, 6) is 2.08. The zero-order chi connectivity index (χ0) is 19.4. The Morgan fingerprint density at radius 2 is 1.96 bits per heavy atom. The lowest BCUT2D eigenvalue weighted by molar-refractivity contribution is 0.0951. The molecule has 1 saturated carbocycles. The topological polar surface area (TPSA) is 69.0 Å². The van der Waals surface area contributed by atoms with Gasteiger partial charge >= 0.3 is 0 Å². The van der Waals surface area contributed by atoms with Crippen molar-refractivity contribution in [2.24, 2.45) is 0 Å². The zero-order valence-electron chi connectivity index (χ0n) is 16.4. The molecule has 1 heterocycles. The number of methoxy groups -OCH3 is 1. The van der Waals surface area contributed by atoms with Crippen molar-refractivity contribution in [2.75, 3.05) is 13.7 Å². The predicted octanol–water partition coefficient (Wildman–Crippen LogP) is 3.79. The number of aromatic nitrogens is 3. The second kappa shape index (κ2) is 8.89. The SMILES string of the molecule is COC[C@@H](C)n1c(SCc2ccc(C(=O)NC3CC3)cc2)nnc1C(C)C. The lowest BCUT2D eigenvalue weighted by Crippen LogP contribution is -2.25. The van der Waals surface area contributed by atoms with Crippen LogP contribution in [0.25, 0.3) is 0 Å². The fraction of sp³-hybridized carbons (Fsp3) is 0.550. The molecule has 3 rings (SSSR count). The minimum atomic E-state index is 0.0198. The van der Waals surface area contributed by atoms with Crippen molar-refractivity contribution >= 4 is 17.7 Å². The molecule has 0 spiro atoms. The van der Waals surface area contributed by atoms with Crippen LogP contribution in [0.1, 0.15) is 67.3 Å². The third-order valence-electron chi connectivity index (χ3n) is 4.55. The van der Waals surface area contributed by atoms with Crippen molar-refractivity contribution in [1.29, 1.82) is 0 Å². The van der Waals surface area contributed by atoms with E-state index >= 15 is 0 Å². The molecule has 0 aliphatic heterocycles. The second-order valence-electron chi connectivity index (χ2n) is 7.40. The summed E-state index contributed by atoms with van der Waals surface area (Å²) in [5, 5.41) is 12.7. The number of rotatable bonds is 9. The molecule has 1 amide bonds. The van der Waals surface area contributed by atoms with Gasteiger partial charge in [0.1, 0.15) is 5.82 Å². The van der Waals surface area contributed by atoms with Crippen molar-refractivity contribution in [3.63, 3.8) is 0 Å². The highest BCUT2D eigenvalue weighted by molar-refractivity contribution is 7.98. The van der Waals surface area contributed by atoms with E-state index in [1.54, 1.807) is 18.9 Å². The number of amides is 1. The van der Waals surface area contributed by atoms with E-state index in [9.17, 15) is 4.79 Å². The predicted molar refractivity (Wildman–Crippen MR) is 107 cm³/mol. The molecule has 1 fully saturated rings. The second-order valence-corrected chi connectivity index (χ2v) is 8.35. The van der Waals surface area contributed by atoms with Crippen LogP contribution in [0.15, 0.2) is 29.4 Å². The standard InChI is InChI=1S/C20H28N4O2S/c1-13(2)18-22-23-20(24(18)14(3)11-26-4)27-12-15-5-7-16(8-6-15)19(25)21-17-9-10-17/h5-8,13-14,17H,9-12H2,1-4H3,(H,21,25)/t14-/m1/s1. The van der Waals surface area contributed by atoms with Gasteiger partial charge in [0.15, 0.2) is 5.16 Å². The van der Waals surface area contributed by atoms with E-state index in [4.69, 9.17) is 4.74 Å². The van der Waals surface area contributed by atoms with Crippen molar-refractivity contribution in [1.82, 2.24) is 20.1 Å². The van der Waals surface area contributed by atoms with E-state index in [1.165, 1.54) is 0 Å². The Morgan fingerprint density at radius 1 is 1.26 bits per heavy atom. The highest BCUT2D eigenvalue weighted by atomic mass is 32.2. The summed E-state index contributed by atoms with van der Waals surface area (Å²) < 4.78 is 7.50. The Balaban J connectivity index is 1.66. The van der Waals surface area contributed by atoms with E-state index in [2.05, 4.69) is 40.9 Å². The highest BCUT2D eigenvalue weighted by Gasteiger charge is 2.24. The quantitative estimate of drug-likeness (QED) is 0.662. The molecule has 0 unspecified atom stereocenters. The van der Waals surface area contributed by atoms with Crippen LogP contribution in [0, 0.1) is 0 Å². The molecular formula is C20H28N4O2S. The molecule has 1 atom stereocenters. The van der Waals surface area contributed by atoms with Crippen LogP contribution >= 0.6 is 11.8 Å². The summed E-state index contributed by atoms with van der Waals surface area (Å²) in [5.41, 5.74) is 1.87. The summed E-state index contributed by atoms with van der Waals surface area (Å²) in [4.78, 5) is 12.1. The maximum atomic E-state index is 12.1. The van der Waals surface area contributed by atoms with E-state index < -0.39 is 0 Å². The van der Waals surface area contributed by atoms with E-state index in [-0.39, 0.29) is 11.9 Å². The van der Waals surface area contributed by atoms with Gasteiger partial charge in [0.2, 0.25) is 0 Å². The number of hydrogen-bond donors (Lipinski definition) is 1. The Kier molecular flexibility index (Phi) is 6.55. The third-order valence-corrected chi connectivity index (χ3v) is 5.57. The molecule has 1 aromatic carbocycles. The van der Waals surface area contributed by atoms with Crippen molar-refractivity contribution < 1.29 is 9.53 Å². The van der Waals surface area contributed by atoms with Gasteiger partial charge in [0, 0.05) is 30.4 Å². The molecule has 146 valence electrons. The van der Waals surface area contributed by atoms with E-state index in [0.29, 0.717) is 18.6 Å². The van der Waals surface area contributed by atoms with Gasteiger partial charge in [0.25, 0.3) is 5.91 Å². The van der Waals surface area contributed by atoms with Crippen LogP contribution in [0.3, 0.4) is 0 Å². The first-order chi connectivity index (χ1) is 13.0. The molecule has 0 radical (unpaired) electrons. The largest absolute Gasteiger partial charge is 0.383 e. The number of ether oxygens (including phenoxy) is 1. The minimum Gasteiger partial charge on any atom is -0.383 e. The normalized spacial score (nSPS) is 15.1. The van der Waals surface area contributed by atoms with Gasteiger partial charge in [-0.2, -0.15) is 0 Å². The van der Waals surface area contributed by atoms with E-state index in [0.717, 1.165) is 40.7 Å². The molecule has 0 saturated heterocycles. The fourth-order valence-electron chi connectivity index (χ4n) is 2.91. The third kappa shape index (κ3) is 5.11. The fourth-order valence-corrected chi connectivity index (χ4v) is 3.91. The molecule has 1 N–H and O–H groups in total. The maximum absolute atomic E-state index is 12.1. The number of carbonyl (C=O) groups is 1. The number of benzene rings is 1. The number of nitrogens with zero attached hydrogens (tertiary/aromatic N) is 3. The zero-order valence-corrected chi connectivity index (χ0v) is 17.3. The Bertz CT molecular complexity index is 769. The molecule has 6 nitrogen and oxygen atoms in total. The summed E-state index contributed by atoms with van der Waals surface area (Å²) in [6.07, 6.45) is 2.20. The average molecular weight is 389 g/mol. The van der Waals surface area contributed by atoms with Crippen LogP contribution in [-0.2, 0) is 10.5 Å². The Morgan fingerprint density at radius 3 is 2.56 bits per heavy atom. The first-order valence-corrected chi connectivity index (χ1v) is 10.4. The average Bonchev–Trinajstić information content (AvgIpc) is 3.35. The van der Waals surface area contributed by atoms with Gasteiger partial charge in [0.05, 0.1) is 12.6 Å². The van der Waals surface area contributed by atoms with Crippen LogP contribution in [-0.4, -0.2) is 40.4 Å². The van der Waals surface area contributed by atoms with Gasteiger partial charge in [-0.05, 0) is 37.5 Å². The lowest BCUT2D eigenvalue weighted by atomic mass is 10.1. The molecule has 1 aliphatic rings. The summed E-state index contributed by atoms with van der Waals surface area (Å²) in [7, 11) is 1.71. The van der Waals surface area contributed by atoms with Gasteiger partial charge in [-0.1, -0.05) is 37.7 Å². The Labute approximate surface area is 165 Å². The summed E-state index contributed by atoms with van der Waals surface area (Å²) in [6.45, 7) is 6.99. The first-order valence-electron chi connectivity index (χ1n) is 9.46. The van der Waals surface area contributed by atoms with Crippen LogP contribution < -0.4 is 5.32 Å². The van der Waals surface area contributed by atoms with Crippen LogP contribution in [0.5, 0.6) is 0 Å². The van der Waals surface area contributed by atoms with Gasteiger partial charge in [-0.15, -0.1) is 10.2 Å². The minimum absolute atomic E-state index is 0.0198. The maximum Gasteiger partial charge on any atom is 0.251 e. The number of hydrogen-bond acceptors (Lipinski definition) is 5. The summed E-state index contributed by atoms with van der Waals surface area (Å²) >= 11 is 1.66.